The van der Waals surface area contributed by atoms with Crippen LogP contribution in [0.5, 0.6) is 5.75 Å². The van der Waals surface area contributed by atoms with Gasteiger partial charge in [-0.05, 0) is 30.7 Å². The third-order valence-corrected chi connectivity index (χ3v) is 4.32. The minimum atomic E-state index is -0.547. The molecule has 0 radical (unpaired) electrons. The molecule has 0 spiro atoms. The Labute approximate surface area is 167 Å². The van der Waals surface area contributed by atoms with E-state index in [1.807, 2.05) is 0 Å². The van der Waals surface area contributed by atoms with E-state index in [1.54, 1.807) is 44.3 Å². The molecule has 0 aliphatic carbocycles. The number of ether oxygens (including phenoxy) is 2. The van der Waals surface area contributed by atoms with Gasteiger partial charge in [0, 0.05) is 24.4 Å². The van der Waals surface area contributed by atoms with Gasteiger partial charge in [-0.2, -0.15) is 0 Å². The fourth-order valence-electron chi connectivity index (χ4n) is 2.51. The van der Waals surface area contributed by atoms with E-state index in [-0.39, 0.29) is 17.9 Å². The van der Waals surface area contributed by atoms with Crippen molar-refractivity contribution >= 4 is 23.7 Å². The molecule has 1 heterocycles. The van der Waals surface area contributed by atoms with Crippen LogP contribution in [0.1, 0.15) is 32.0 Å². The Morgan fingerprint density at radius 3 is 2.38 bits per heavy atom. The quantitative estimate of drug-likeness (QED) is 0.431. The molecular formula is C21H22N2O6. The Morgan fingerprint density at radius 1 is 1.14 bits per heavy atom. The van der Waals surface area contributed by atoms with Gasteiger partial charge in [-0.25, -0.2) is 0 Å². The molecule has 2 aromatic rings. The normalized spacial score (nSPS) is 10.6. The summed E-state index contributed by atoms with van der Waals surface area (Å²) in [4.78, 5) is 48.0. The number of nitrogens with one attached hydrogen (secondary N) is 1. The number of carbonyl (C=O) groups excluding carboxylic acids is 3. The molecule has 1 aromatic carbocycles. The first-order valence-corrected chi connectivity index (χ1v) is 8.70. The van der Waals surface area contributed by atoms with Crippen molar-refractivity contribution in [2.75, 3.05) is 20.8 Å². The number of rotatable bonds is 7. The van der Waals surface area contributed by atoms with Gasteiger partial charge >= 0.3 is 5.97 Å². The maximum atomic E-state index is 12.5. The van der Waals surface area contributed by atoms with E-state index < -0.39 is 23.2 Å². The summed E-state index contributed by atoms with van der Waals surface area (Å²) < 4.78 is 11.0. The average molecular weight is 398 g/mol. The maximum Gasteiger partial charge on any atom is 0.325 e. The highest BCUT2D eigenvalue weighted by Gasteiger charge is 2.17. The summed E-state index contributed by atoms with van der Waals surface area (Å²) in [6.07, 6.45) is 2.82. The standard InChI is InChI=1S/C21H22N2O6/c1-13-11-17(28-3)19(21(27)23(13)2)16(24)10-7-14-5-8-15(9-6-14)20(26)22-12-18(25)29-4/h5-11H,12H2,1-4H3,(H,22,26). The van der Waals surface area contributed by atoms with Crippen LogP contribution in [0, 0.1) is 6.92 Å². The number of hydrogen-bond acceptors (Lipinski definition) is 6. The largest absolute Gasteiger partial charge is 0.496 e. The van der Waals surface area contributed by atoms with Crippen molar-refractivity contribution in [3.63, 3.8) is 0 Å². The molecule has 0 aliphatic heterocycles. The summed E-state index contributed by atoms with van der Waals surface area (Å²) in [5.74, 6) is -1.23. The van der Waals surface area contributed by atoms with Crippen LogP contribution >= 0.6 is 0 Å². The lowest BCUT2D eigenvalue weighted by Crippen LogP contribution is -2.30. The van der Waals surface area contributed by atoms with Gasteiger partial charge in [-0.1, -0.05) is 18.2 Å². The molecule has 1 N–H and O–H groups in total. The predicted octanol–water partition coefficient (Wildman–Crippen LogP) is 1.50. The predicted molar refractivity (Wildman–Crippen MR) is 107 cm³/mol. The van der Waals surface area contributed by atoms with E-state index in [4.69, 9.17) is 4.74 Å². The molecule has 29 heavy (non-hydrogen) atoms. The number of hydrogen-bond donors (Lipinski definition) is 1. The molecule has 152 valence electrons. The fourth-order valence-corrected chi connectivity index (χ4v) is 2.51. The number of pyridine rings is 1. The number of aromatic nitrogens is 1. The topological polar surface area (TPSA) is 104 Å². The highest BCUT2D eigenvalue weighted by Crippen LogP contribution is 2.17. The number of allylic oxidation sites excluding steroid dienone is 1. The number of esters is 1. The Hall–Kier alpha value is -3.68. The van der Waals surface area contributed by atoms with Gasteiger partial charge in [0.15, 0.2) is 5.78 Å². The summed E-state index contributed by atoms with van der Waals surface area (Å²) in [5, 5.41) is 2.43. The van der Waals surface area contributed by atoms with Crippen molar-refractivity contribution in [3.8, 4) is 5.75 Å². The van der Waals surface area contributed by atoms with Crippen LogP contribution in [0.25, 0.3) is 6.08 Å². The lowest BCUT2D eigenvalue weighted by molar-refractivity contribution is -0.139. The summed E-state index contributed by atoms with van der Waals surface area (Å²) in [7, 11) is 4.22. The van der Waals surface area contributed by atoms with Crippen molar-refractivity contribution in [2.45, 2.75) is 6.92 Å². The molecule has 0 saturated heterocycles. The highest BCUT2D eigenvalue weighted by atomic mass is 16.5. The number of carbonyl (C=O) groups is 3. The van der Waals surface area contributed by atoms with E-state index in [9.17, 15) is 19.2 Å². The first kappa shape index (κ1) is 21.6. The van der Waals surface area contributed by atoms with Gasteiger partial charge in [-0.15, -0.1) is 0 Å². The van der Waals surface area contributed by atoms with Gasteiger partial charge < -0.3 is 19.4 Å². The van der Waals surface area contributed by atoms with Crippen LogP contribution in [0.3, 0.4) is 0 Å². The van der Waals surface area contributed by atoms with E-state index >= 15 is 0 Å². The van der Waals surface area contributed by atoms with Crippen LogP contribution in [-0.2, 0) is 16.6 Å². The number of nitrogens with zero attached hydrogens (tertiary/aromatic N) is 1. The number of methoxy groups -OCH3 is 2. The molecule has 0 unspecified atom stereocenters. The zero-order valence-corrected chi connectivity index (χ0v) is 16.6. The molecule has 0 atom stereocenters. The zero-order chi connectivity index (χ0) is 21.6. The van der Waals surface area contributed by atoms with E-state index in [0.29, 0.717) is 16.8 Å². The monoisotopic (exact) mass is 398 g/mol. The molecular weight excluding hydrogens is 376 g/mol. The Balaban J connectivity index is 2.16. The molecule has 0 saturated carbocycles. The van der Waals surface area contributed by atoms with Crippen LogP contribution < -0.4 is 15.6 Å². The Morgan fingerprint density at radius 2 is 1.79 bits per heavy atom. The molecule has 1 aromatic heterocycles. The minimum absolute atomic E-state index is 0.0457. The molecule has 8 nitrogen and oxygen atoms in total. The molecule has 0 aliphatic rings. The summed E-state index contributed by atoms with van der Waals surface area (Å²) in [6, 6.07) is 8.03. The first-order chi connectivity index (χ1) is 13.8. The smallest absolute Gasteiger partial charge is 0.325 e. The Kier molecular flexibility index (Phi) is 7.08. The van der Waals surface area contributed by atoms with E-state index in [0.717, 1.165) is 0 Å². The van der Waals surface area contributed by atoms with E-state index in [1.165, 1.54) is 30.9 Å². The van der Waals surface area contributed by atoms with Crippen LogP contribution in [0.15, 0.2) is 41.2 Å². The van der Waals surface area contributed by atoms with Crippen molar-refractivity contribution in [1.82, 2.24) is 9.88 Å². The minimum Gasteiger partial charge on any atom is -0.496 e. The second kappa shape index (κ2) is 9.50. The van der Waals surface area contributed by atoms with Gasteiger partial charge in [0.05, 0.1) is 14.2 Å². The number of ketones is 1. The van der Waals surface area contributed by atoms with Crippen LogP contribution in [0.4, 0.5) is 0 Å². The highest BCUT2D eigenvalue weighted by molar-refractivity contribution is 6.08. The Bertz CT molecular complexity index is 1020. The van der Waals surface area contributed by atoms with Gasteiger partial charge in [0.25, 0.3) is 11.5 Å². The summed E-state index contributed by atoms with van der Waals surface area (Å²) in [5.41, 5.74) is 1.20. The second-order valence-electron chi connectivity index (χ2n) is 6.17. The van der Waals surface area contributed by atoms with Gasteiger partial charge in [0.2, 0.25) is 0 Å². The van der Waals surface area contributed by atoms with Gasteiger partial charge in [0.1, 0.15) is 17.9 Å². The van der Waals surface area contributed by atoms with Crippen molar-refractivity contribution in [3.05, 3.63) is 69.1 Å². The first-order valence-electron chi connectivity index (χ1n) is 8.70. The van der Waals surface area contributed by atoms with Crippen LogP contribution in [0.2, 0.25) is 0 Å². The lowest BCUT2D eigenvalue weighted by atomic mass is 10.1. The average Bonchev–Trinajstić information content (AvgIpc) is 2.73. The van der Waals surface area contributed by atoms with Crippen molar-refractivity contribution in [1.29, 1.82) is 0 Å². The SMILES string of the molecule is COC(=O)CNC(=O)c1ccc(C=CC(=O)c2c(OC)cc(C)n(C)c2=O)cc1. The third-order valence-electron chi connectivity index (χ3n) is 4.32. The second-order valence-corrected chi connectivity index (χ2v) is 6.17. The zero-order valence-electron chi connectivity index (χ0n) is 16.6. The van der Waals surface area contributed by atoms with Gasteiger partial charge in [-0.3, -0.25) is 19.2 Å². The number of amides is 1. The number of benzene rings is 1. The number of aryl methyl sites for hydroxylation is 1. The van der Waals surface area contributed by atoms with E-state index in [2.05, 4.69) is 10.1 Å². The van der Waals surface area contributed by atoms with Crippen molar-refractivity contribution in [2.24, 2.45) is 7.05 Å². The molecule has 2 rings (SSSR count). The third kappa shape index (κ3) is 5.19. The van der Waals surface area contributed by atoms with Crippen molar-refractivity contribution < 1.29 is 23.9 Å². The molecule has 1 amide bonds. The molecule has 0 bridgehead atoms. The fraction of sp³-hybridized carbons (Fsp3) is 0.238. The van der Waals surface area contributed by atoms with Crippen LogP contribution in [-0.4, -0.2) is 43.0 Å². The molecule has 8 heteroatoms. The molecule has 0 fully saturated rings. The lowest BCUT2D eigenvalue weighted by Gasteiger charge is -2.10. The summed E-state index contributed by atoms with van der Waals surface area (Å²) in [6.45, 7) is 1.52. The summed E-state index contributed by atoms with van der Waals surface area (Å²) >= 11 is 0. The maximum absolute atomic E-state index is 12.5.